The van der Waals surface area contributed by atoms with Gasteiger partial charge in [-0.1, -0.05) is 30.3 Å². The van der Waals surface area contributed by atoms with Crippen LogP contribution in [0.15, 0.2) is 60.7 Å². The number of fused-ring (bicyclic) bond motifs is 3. The van der Waals surface area contributed by atoms with Gasteiger partial charge in [0.2, 0.25) is 5.91 Å². The summed E-state index contributed by atoms with van der Waals surface area (Å²) in [6.07, 6.45) is -4.42. The first-order valence-electron chi connectivity index (χ1n) is 9.28. The van der Waals surface area contributed by atoms with Crippen molar-refractivity contribution in [2.24, 2.45) is 5.73 Å². The summed E-state index contributed by atoms with van der Waals surface area (Å²) in [6.45, 7) is 0.603. The predicted molar refractivity (Wildman–Crippen MR) is 109 cm³/mol. The van der Waals surface area contributed by atoms with Gasteiger partial charge < -0.3 is 15.0 Å². The van der Waals surface area contributed by atoms with Crippen molar-refractivity contribution >= 4 is 27.7 Å². The number of carbonyl (C=O) groups excluding carboxylic acids is 1. The van der Waals surface area contributed by atoms with Crippen LogP contribution < -0.4 is 5.73 Å². The molecule has 1 amide bonds. The van der Waals surface area contributed by atoms with E-state index in [1.54, 1.807) is 25.3 Å². The van der Waals surface area contributed by atoms with Crippen LogP contribution in [-0.4, -0.2) is 17.6 Å². The Hall–Kier alpha value is -3.32. The third-order valence-corrected chi connectivity index (χ3v) is 5.13. The van der Waals surface area contributed by atoms with E-state index in [4.69, 9.17) is 10.5 Å². The summed E-state index contributed by atoms with van der Waals surface area (Å²) in [4.78, 5) is 12.0. The van der Waals surface area contributed by atoms with E-state index < -0.39 is 17.6 Å². The van der Waals surface area contributed by atoms with Crippen molar-refractivity contribution in [2.45, 2.75) is 19.3 Å². The molecule has 2 N–H and O–H groups in total. The number of nitrogens with zero attached hydrogens (tertiary/aromatic N) is 1. The first kappa shape index (κ1) is 20.0. The first-order valence-corrected chi connectivity index (χ1v) is 9.28. The van der Waals surface area contributed by atoms with Crippen LogP contribution >= 0.6 is 0 Å². The molecule has 0 saturated carbocycles. The lowest BCUT2D eigenvalue weighted by Crippen LogP contribution is -2.11. The van der Waals surface area contributed by atoms with Gasteiger partial charge in [0.25, 0.3) is 0 Å². The first-order chi connectivity index (χ1) is 14.3. The van der Waals surface area contributed by atoms with Gasteiger partial charge in [-0.05, 0) is 41.5 Å². The molecule has 4 aromatic rings. The molecule has 3 aromatic carbocycles. The minimum atomic E-state index is -4.42. The van der Waals surface area contributed by atoms with Crippen LogP contribution in [0.2, 0.25) is 0 Å². The Morgan fingerprint density at radius 3 is 2.47 bits per heavy atom. The molecule has 0 saturated heterocycles. The average molecular weight is 412 g/mol. The Bertz CT molecular complexity index is 1260. The number of amides is 1. The van der Waals surface area contributed by atoms with E-state index in [9.17, 15) is 18.0 Å². The quantitative estimate of drug-likeness (QED) is 0.495. The minimum Gasteiger partial charge on any atom is -0.380 e. The van der Waals surface area contributed by atoms with Gasteiger partial charge in [-0.2, -0.15) is 13.2 Å². The van der Waals surface area contributed by atoms with E-state index in [-0.39, 0.29) is 6.54 Å². The topological polar surface area (TPSA) is 57.2 Å². The second-order valence-corrected chi connectivity index (χ2v) is 7.13. The molecule has 0 unspecified atom stereocenters. The van der Waals surface area contributed by atoms with Crippen molar-refractivity contribution in [3.8, 4) is 0 Å². The van der Waals surface area contributed by atoms with E-state index in [1.807, 2.05) is 28.8 Å². The summed E-state index contributed by atoms with van der Waals surface area (Å²) in [5.41, 5.74) is 8.21. The maximum absolute atomic E-state index is 13.2. The Balaban J connectivity index is 1.96. The molecule has 0 spiro atoms. The lowest BCUT2D eigenvalue weighted by Gasteiger charge is -2.12. The molecule has 7 heteroatoms. The third-order valence-electron chi connectivity index (χ3n) is 5.13. The van der Waals surface area contributed by atoms with Crippen molar-refractivity contribution < 1.29 is 22.7 Å². The van der Waals surface area contributed by atoms with Crippen LogP contribution in [0.5, 0.6) is 0 Å². The number of halogens is 3. The summed E-state index contributed by atoms with van der Waals surface area (Å²) in [5.74, 6) is -0.556. The highest BCUT2D eigenvalue weighted by Crippen LogP contribution is 2.34. The minimum absolute atomic E-state index is 0.211. The molecule has 0 aliphatic carbocycles. The molecular weight excluding hydrogens is 393 g/mol. The average Bonchev–Trinajstić information content (AvgIpc) is 3.01. The number of carbonyl (C=O) groups is 1. The SMILES string of the molecule is COCc1ccc2c3c(C(N)=O)cccc3n(Cc3cccc(C(F)(F)F)c3)c2c1. The standard InChI is InChI=1S/C23H19F3N2O2/c1-30-13-15-8-9-17-20(11-15)28(19-7-3-6-18(21(17)19)22(27)29)12-14-4-2-5-16(10-14)23(24,25)26/h2-11H,12-13H2,1H3,(H2,27,29). The summed E-state index contributed by atoms with van der Waals surface area (Å²) in [5, 5.41) is 1.50. The molecule has 1 aromatic heterocycles. The largest absolute Gasteiger partial charge is 0.416 e. The van der Waals surface area contributed by atoms with E-state index in [0.29, 0.717) is 23.1 Å². The Kier molecular flexibility index (Phi) is 4.99. The molecule has 0 aliphatic heterocycles. The van der Waals surface area contributed by atoms with Gasteiger partial charge in [-0.3, -0.25) is 4.79 Å². The third kappa shape index (κ3) is 3.52. The molecule has 154 valence electrons. The molecule has 1 heterocycles. The normalized spacial score (nSPS) is 12.0. The molecule has 0 radical (unpaired) electrons. The zero-order valence-electron chi connectivity index (χ0n) is 16.2. The molecular formula is C23H19F3N2O2. The van der Waals surface area contributed by atoms with Gasteiger partial charge in [-0.15, -0.1) is 0 Å². The smallest absolute Gasteiger partial charge is 0.380 e. The highest BCUT2D eigenvalue weighted by atomic mass is 19.4. The number of hydrogen-bond acceptors (Lipinski definition) is 2. The fourth-order valence-corrected chi connectivity index (χ4v) is 3.85. The van der Waals surface area contributed by atoms with Crippen molar-refractivity contribution in [1.82, 2.24) is 4.57 Å². The Morgan fingerprint density at radius 2 is 1.77 bits per heavy atom. The van der Waals surface area contributed by atoms with Crippen LogP contribution in [0.25, 0.3) is 21.8 Å². The second-order valence-electron chi connectivity index (χ2n) is 7.13. The Morgan fingerprint density at radius 1 is 1.00 bits per heavy atom. The summed E-state index contributed by atoms with van der Waals surface area (Å²) >= 11 is 0. The zero-order chi connectivity index (χ0) is 21.5. The monoisotopic (exact) mass is 412 g/mol. The number of alkyl halides is 3. The van der Waals surface area contributed by atoms with Crippen LogP contribution in [0, 0.1) is 0 Å². The number of methoxy groups -OCH3 is 1. The number of rotatable bonds is 5. The van der Waals surface area contributed by atoms with Crippen LogP contribution in [0.4, 0.5) is 13.2 Å². The number of benzene rings is 3. The van der Waals surface area contributed by atoms with E-state index in [0.717, 1.165) is 34.1 Å². The molecule has 4 rings (SSSR count). The summed E-state index contributed by atoms with van der Waals surface area (Å²) in [7, 11) is 1.59. The zero-order valence-corrected chi connectivity index (χ0v) is 16.2. The maximum atomic E-state index is 13.2. The maximum Gasteiger partial charge on any atom is 0.416 e. The van der Waals surface area contributed by atoms with Gasteiger partial charge in [0.15, 0.2) is 0 Å². The van der Waals surface area contributed by atoms with Crippen molar-refractivity contribution in [1.29, 1.82) is 0 Å². The fraction of sp³-hybridized carbons (Fsp3) is 0.174. The van der Waals surface area contributed by atoms with Crippen molar-refractivity contribution in [2.75, 3.05) is 7.11 Å². The number of hydrogen-bond donors (Lipinski definition) is 1. The number of ether oxygens (including phenoxy) is 1. The number of aromatic nitrogens is 1. The van der Waals surface area contributed by atoms with Crippen LogP contribution in [0.1, 0.15) is 27.0 Å². The highest BCUT2D eigenvalue weighted by molar-refractivity contribution is 6.17. The van der Waals surface area contributed by atoms with E-state index in [1.165, 1.54) is 6.07 Å². The van der Waals surface area contributed by atoms with E-state index in [2.05, 4.69) is 0 Å². The van der Waals surface area contributed by atoms with Gasteiger partial charge >= 0.3 is 6.18 Å². The van der Waals surface area contributed by atoms with Gasteiger partial charge in [-0.25, -0.2) is 0 Å². The molecule has 0 aliphatic rings. The summed E-state index contributed by atoms with van der Waals surface area (Å²) < 4.78 is 46.6. The number of primary amides is 1. The van der Waals surface area contributed by atoms with Gasteiger partial charge in [0.1, 0.15) is 0 Å². The van der Waals surface area contributed by atoms with E-state index >= 15 is 0 Å². The molecule has 0 bridgehead atoms. The van der Waals surface area contributed by atoms with Crippen LogP contribution in [0.3, 0.4) is 0 Å². The Labute approximate surface area is 170 Å². The molecule has 4 nitrogen and oxygen atoms in total. The molecule has 0 fully saturated rings. The second kappa shape index (κ2) is 7.50. The van der Waals surface area contributed by atoms with Gasteiger partial charge in [0, 0.05) is 35.5 Å². The molecule has 30 heavy (non-hydrogen) atoms. The lowest BCUT2D eigenvalue weighted by atomic mass is 10.0. The summed E-state index contributed by atoms with van der Waals surface area (Å²) in [6, 6.07) is 16.2. The van der Waals surface area contributed by atoms with Crippen molar-refractivity contribution in [3.05, 3.63) is 82.9 Å². The van der Waals surface area contributed by atoms with Crippen molar-refractivity contribution in [3.63, 3.8) is 0 Å². The fourth-order valence-electron chi connectivity index (χ4n) is 3.85. The predicted octanol–water partition coefficient (Wildman–Crippen LogP) is 5.11. The molecule has 0 atom stereocenters. The highest BCUT2D eigenvalue weighted by Gasteiger charge is 2.30. The number of nitrogens with two attached hydrogens (primary N) is 1. The van der Waals surface area contributed by atoms with Crippen LogP contribution in [-0.2, 0) is 24.1 Å². The lowest BCUT2D eigenvalue weighted by molar-refractivity contribution is -0.137. The van der Waals surface area contributed by atoms with Gasteiger partial charge in [0.05, 0.1) is 17.7 Å².